The Morgan fingerprint density at radius 3 is 2.29 bits per heavy atom. The summed E-state index contributed by atoms with van der Waals surface area (Å²) in [5.74, 6) is -1.02. The molecule has 0 heterocycles. The van der Waals surface area contributed by atoms with E-state index in [0.29, 0.717) is 0 Å². The molecule has 0 saturated heterocycles. The first kappa shape index (κ1) is 14.2. The number of esters is 1. The third kappa shape index (κ3) is 4.15. The Balaban J connectivity index is 2.62. The molecule has 1 aromatic rings. The number of alkyl halides is 4. The van der Waals surface area contributed by atoms with Gasteiger partial charge in [0, 0.05) is 0 Å². The van der Waals surface area contributed by atoms with Crippen LogP contribution in [0.15, 0.2) is 30.3 Å². The van der Waals surface area contributed by atoms with Crippen molar-refractivity contribution in [2.45, 2.75) is 16.2 Å². The molecule has 1 N–H and O–H groups in total. The van der Waals surface area contributed by atoms with Crippen molar-refractivity contribution in [3.05, 3.63) is 30.3 Å². The zero-order valence-electron chi connectivity index (χ0n) is 8.37. The summed E-state index contributed by atoms with van der Waals surface area (Å²) in [6.07, 6.45) is -6.05. The molecule has 17 heavy (non-hydrogen) atoms. The first-order chi connectivity index (χ1) is 7.72. The average molecular weight is 360 g/mol. The van der Waals surface area contributed by atoms with E-state index >= 15 is 0 Å². The van der Waals surface area contributed by atoms with Crippen molar-refractivity contribution in [2.24, 2.45) is 0 Å². The maximum atomic E-state index is 12.3. The smallest absolute Gasteiger partial charge is 0.426 e. The number of carbonyl (C=O) groups is 1. The molecule has 0 radical (unpaired) electrons. The van der Waals surface area contributed by atoms with Crippen LogP contribution < -0.4 is 4.74 Å². The number of carbonyl (C=O) groups excluding carboxylic acids is 1. The van der Waals surface area contributed by atoms with Gasteiger partial charge in [0.25, 0.3) is 0 Å². The van der Waals surface area contributed by atoms with Crippen molar-refractivity contribution in [1.82, 2.24) is 0 Å². The lowest BCUT2D eigenvalue weighted by molar-refractivity contribution is -0.215. The zero-order valence-corrected chi connectivity index (χ0v) is 10.5. The maximum Gasteiger partial charge on any atom is 0.427 e. The van der Waals surface area contributed by atoms with Crippen LogP contribution in [0.25, 0.3) is 0 Å². The fourth-order valence-corrected chi connectivity index (χ4v) is 1.26. The van der Waals surface area contributed by atoms with Crippen molar-refractivity contribution in [3.63, 3.8) is 0 Å². The first-order valence-electron chi connectivity index (χ1n) is 4.46. The van der Waals surface area contributed by atoms with Crippen LogP contribution in [0.1, 0.15) is 6.42 Å². The molecule has 94 valence electrons. The van der Waals surface area contributed by atoms with Crippen molar-refractivity contribution in [1.29, 1.82) is 0 Å². The summed E-state index contributed by atoms with van der Waals surface area (Å²) in [5, 5.41) is 9.06. The minimum Gasteiger partial charge on any atom is -0.426 e. The van der Waals surface area contributed by atoms with E-state index in [1.54, 1.807) is 18.2 Å². The quantitative estimate of drug-likeness (QED) is 0.390. The Bertz CT molecular complexity index is 390. The van der Waals surface area contributed by atoms with Crippen molar-refractivity contribution >= 4 is 28.6 Å². The summed E-state index contributed by atoms with van der Waals surface area (Å²) >= 11 is 0.770. The second-order valence-corrected chi connectivity index (χ2v) is 5.01. The third-order valence-corrected chi connectivity index (χ3v) is 2.78. The standard InChI is InChI=1S/C10H8F3IO3/c11-10(12,13)9(14,16)6-8(15)17-7-4-2-1-3-5-7/h1-5,16H,6H2. The molecule has 0 saturated carbocycles. The summed E-state index contributed by atoms with van der Waals surface area (Å²) in [6.45, 7) is 0. The second-order valence-electron chi connectivity index (χ2n) is 3.22. The number of rotatable bonds is 3. The Morgan fingerprint density at radius 1 is 1.29 bits per heavy atom. The van der Waals surface area contributed by atoms with Gasteiger partial charge in [0.15, 0.2) is 0 Å². The number of para-hydroxylation sites is 1. The van der Waals surface area contributed by atoms with Crippen LogP contribution >= 0.6 is 22.6 Å². The van der Waals surface area contributed by atoms with Crippen LogP contribution in [0.5, 0.6) is 5.75 Å². The Labute approximate surface area is 109 Å². The van der Waals surface area contributed by atoms with E-state index in [1.807, 2.05) is 0 Å². The number of hydrogen-bond donors (Lipinski definition) is 1. The van der Waals surface area contributed by atoms with Gasteiger partial charge >= 0.3 is 12.1 Å². The van der Waals surface area contributed by atoms with Gasteiger partial charge in [0.05, 0.1) is 6.42 Å². The van der Waals surface area contributed by atoms with E-state index in [9.17, 15) is 18.0 Å². The summed E-state index contributed by atoms with van der Waals surface area (Å²) in [7, 11) is 0. The Morgan fingerprint density at radius 2 is 1.82 bits per heavy atom. The molecular weight excluding hydrogens is 352 g/mol. The number of benzene rings is 1. The molecule has 0 amide bonds. The molecule has 0 fully saturated rings. The summed E-state index contributed by atoms with van der Waals surface area (Å²) in [4.78, 5) is 11.2. The first-order valence-corrected chi connectivity index (χ1v) is 5.54. The zero-order chi connectivity index (χ0) is 13.1. The molecule has 7 heteroatoms. The minimum absolute atomic E-state index is 0.131. The van der Waals surface area contributed by atoms with E-state index in [4.69, 9.17) is 5.11 Å². The van der Waals surface area contributed by atoms with Crippen LogP contribution in [0.2, 0.25) is 0 Å². The lowest BCUT2D eigenvalue weighted by atomic mass is 10.2. The van der Waals surface area contributed by atoms with E-state index in [0.717, 1.165) is 22.6 Å². The Kier molecular flexibility index (Phi) is 4.36. The molecule has 0 spiro atoms. The molecule has 3 nitrogen and oxygen atoms in total. The monoisotopic (exact) mass is 360 g/mol. The van der Waals surface area contributed by atoms with Gasteiger partial charge in [-0.25, -0.2) is 0 Å². The summed E-state index contributed by atoms with van der Waals surface area (Å²) in [5.41, 5.74) is 0. The van der Waals surface area contributed by atoms with Gasteiger partial charge in [-0.1, -0.05) is 18.2 Å². The van der Waals surface area contributed by atoms with Crippen LogP contribution in [0.4, 0.5) is 13.2 Å². The highest BCUT2D eigenvalue weighted by atomic mass is 127. The number of aliphatic hydroxyl groups is 1. The van der Waals surface area contributed by atoms with Crippen LogP contribution in [-0.4, -0.2) is 20.9 Å². The van der Waals surface area contributed by atoms with Gasteiger partial charge < -0.3 is 9.84 Å². The van der Waals surface area contributed by atoms with Crippen LogP contribution in [0, 0.1) is 0 Å². The summed E-state index contributed by atoms with van der Waals surface area (Å²) < 4.78 is 38.3. The molecule has 1 aromatic carbocycles. The average Bonchev–Trinajstić information content (AvgIpc) is 2.16. The molecule has 0 bridgehead atoms. The highest BCUT2D eigenvalue weighted by molar-refractivity contribution is 14.1. The molecule has 0 aliphatic heterocycles. The topological polar surface area (TPSA) is 46.5 Å². The highest BCUT2D eigenvalue weighted by Gasteiger charge is 2.53. The van der Waals surface area contributed by atoms with Gasteiger partial charge in [-0.05, 0) is 34.7 Å². The fourth-order valence-electron chi connectivity index (χ4n) is 0.948. The van der Waals surface area contributed by atoms with Gasteiger partial charge in [-0.3, -0.25) is 4.79 Å². The van der Waals surface area contributed by atoms with Crippen molar-refractivity contribution in [3.8, 4) is 5.75 Å². The highest BCUT2D eigenvalue weighted by Crippen LogP contribution is 2.38. The lowest BCUT2D eigenvalue weighted by Crippen LogP contribution is -2.41. The molecule has 0 aliphatic rings. The molecule has 1 rings (SSSR count). The third-order valence-electron chi connectivity index (χ3n) is 1.79. The Hall–Kier alpha value is -0.830. The number of ether oxygens (including phenoxy) is 1. The van der Waals surface area contributed by atoms with Crippen molar-refractivity contribution < 1.29 is 27.8 Å². The van der Waals surface area contributed by atoms with Crippen molar-refractivity contribution in [2.75, 3.05) is 0 Å². The van der Waals surface area contributed by atoms with Gasteiger partial charge in [-0.2, -0.15) is 13.2 Å². The fraction of sp³-hybridized carbons (Fsp3) is 0.300. The lowest BCUT2D eigenvalue weighted by Gasteiger charge is -2.22. The predicted molar refractivity (Wildman–Crippen MR) is 61.7 cm³/mol. The predicted octanol–water partition coefficient (Wildman–Crippen LogP) is 2.67. The summed E-state index contributed by atoms with van der Waals surface area (Å²) in [6, 6.07) is 7.67. The van der Waals surface area contributed by atoms with E-state index in [1.165, 1.54) is 12.1 Å². The molecular formula is C10H8F3IO3. The number of halogens is 4. The molecule has 1 atom stereocenters. The maximum absolute atomic E-state index is 12.3. The molecule has 1 unspecified atom stereocenters. The molecule has 0 aromatic heterocycles. The largest absolute Gasteiger partial charge is 0.427 e. The van der Waals surface area contributed by atoms with Crippen LogP contribution in [-0.2, 0) is 4.79 Å². The second kappa shape index (κ2) is 5.21. The number of hydrogen-bond acceptors (Lipinski definition) is 3. The van der Waals surface area contributed by atoms with E-state index < -0.39 is 22.2 Å². The van der Waals surface area contributed by atoms with Gasteiger partial charge in [0.2, 0.25) is 3.61 Å². The van der Waals surface area contributed by atoms with Gasteiger partial charge in [-0.15, -0.1) is 0 Å². The minimum atomic E-state index is -4.89. The SMILES string of the molecule is O=C(CC(O)(I)C(F)(F)F)Oc1ccccc1. The van der Waals surface area contributed by atoms with E-state index in [-0.39, 0.29) is 5.75 Å². The normalized spacial score (nSPS) is 15.1. The van der Waals surface area contributed by atoms with Crippen LogP contribution in [0.3, 0.4) is 0 Å². The molecule has 0 aliphatic carbocycles. The van der Waals surface area contributed by atoms with E-state index in [2.05, 4.69) is 4.74 Å². The van der Waals surface area contributed by atoms with Gasteiger partial charge in [0.1, 0.15) is 5.75 Å².